The number of alkyl halides is 3. The minimum atomic E-state index is -4.43. The van der Waals surface area contributed by atoms with Crippen LogP contribution in [0.25, 0.3) is 0 Å². The molecule has 1 heterocycles. The van der Waals surface area contributed by atoms with E-state index in [4.69, 9.17) is 0 Å². The minimum absolute atomic E-state index is 0.0633. The van der Waals surface area contributed by atoms with Crippen LogP contribution in [0.4, 0.5) is 13.2 Å². The summed E-state index contributed by atoms with van der Waals surface area (Å²) in [6.45, 7) is 3.92. The SMILES string of the molecule is C=CCn1cnc(C(=O)c2ccc(C(F)(F)F)cc2)n1. The first-order chi connectivity index (χ1) is 9.41. The predicted molar refractivity (Wildman–Crippen MR) is 65.1 cm³/mol. The smallest absolute Gasteiger partial charge is 0.285 e. The van der Waals surface area contributed by atoms with Gasteiger partial charge in [0.25, 0.3) is 0 Å². The number of halogens is 3. The molecule has 0 saturated carbocycles. The molecule has 0 aliphatic heterocycles. The van der Waals surface area contributed by atoms with Crippen molar-refractivity contribution < 1.29 is 18.0 Å². The van der Waals surface area contributed by atoms with E-state index in [1.165, 1.54) is 11.0 Å². The van der Waals surface area contributed by atoms with Crippen molar-refractivity contribution in [1.82, 2.24) is 14.8 Å². The molecule has 0 N–H and O–H groups in total. The standard InChI is InChI=1S/C13H10F3N3O/c1-2-7-19-8-17-12(18-19)11(20)9-3-5-10(6-4-9)13(14,15)16/h2-6,8H,1,7H2. The summed E-state index contributed by atoms with van der Waals surface area (Å²) in [5.74, 6) is -0.590. The number of rotatable bonds is 4. The van der Waals surface area contributed by atoms with Gasteiger partial charge in [0.15, 0.2) is 0 Å². The van der Waals surface area contributed by atoms with Crippen molar-refractivity contribution in [2.45, 2.75) is 12.7 Å². The number of carbonyl (C=O) groups excluding carboxylic acids is 1. The Morgan fingerprint density at radius 3 is 2.50 bits per heavy atom. The molecule has 0 saturated heterocycles. The first kappa shape index (κ1) is 14.0. The third-order valence-electron chi connectivity index (χ3n) is 2.53. The van der Waals surface area contributed by atoms with Gasteiger partial charge in [0.1, 0.15) is 6.33 Å². The monoisotopic (exact) mass is 281 g/mol. The summed E-state index contributed by atoms with van der Waals surface area (Å²) < 4.78 is 38.6. The van der Waals surface area contributed by atoms with Crippen LogP contribution in [0, 0.1) is 0 Å². The van der Waals surface area contributed by atoms with Crippen LogP contribution in [0.2, 0.25) is 0 Å². The zero-order valence-electron chi connectivity index (χ0n) is 10.3. The zero-order valence-corrected chi connectivity index (χ0v) is 10.3. The molecule has 7 heteroatoms. The van der Waals surface area contributed by atoms with Crippen LogP contribution in [0.1, 0.15) is 21.7 Å². The molecule has 0 bridgehead atoms. The topological polar surface area (TPSA) is 47.8 Å². The number of ketones is 1. The van der Waals surface area contributed by atoms with E-state index in [0.29, 0.717) is 6.54 Å². The Morgan fingerprint density at radius 2 is 1.95 bits per heavy atom. The summed E-state index contributed by atoms with van der Waals surface area (Å²) in [7, 11) is 0. The van der Waals surface area contributed by atoms with Gasteiger partial charge in [0.2, 0.25) is 11.6 Å². The van der Waals surface area contributed by atoms with E-state index < -0.39 is 17.5 Å². The summed E-state index contributed by atoms with van der Waals surface area (Å²) in [6, 6.07) is 3.93. The van der Waals surface area contributed by atoms with Crippen LogP contribution in [0.15, 0.2) is 43.2 Å². The number of hydrogen-bond acceptors (Lipinski definition) is 3. The quantitative estimate of drug-likeness (QED) is 0.639. The molecular formula is C13H10F3N3O. The number of carbonyl (C=O) groups is 1. The summed E-state index contributed by atoms with van der Waals surface area (Å²) >= 11 is 0. The largest absolute Gasteiger partial charge is 0.416 e. The fraction of sp³-hybridized carbons (Fsp3) is 0.154. The van der Waals surface area contributed by atoms with Gasteiger partial charge in [-0.15, -0.1) is 11.7 Å². The lowest BCUT2D eigenvalue weighted by molar-refractivity contribution is -0.137. The second-order valence-corrected chi connectivity index (χ2v) is 3.98. The van der Waals surface area contributed by atoms with Crippen LogP contribution in [-0.2, 0) is 12.7 Å². The number of allylic oxidation sites excluding steroid dienone is 1. The third-order valence-corrected chi connectivity index (χ3v) is 2.53. The average Bonchev–Trinajstić information content (AvgIpc) is 2.86. The fourth-order valence-corrected chi connectivity index (χ4v) is 1.56. The van der Waals surface area contributed by atoms with Crippen LogP contribution in [0.3, 0.4) is 0 Å². The van der Waals surface area contributed by atoms with Gasteiger partial charge in [-0.2, -0.15) is 13.2 Å². The molecule has 2 aromatic rings. The van der Waals surface area contributed by atoms with Gasteiger partial charge < -0.3 is 0 Å². The summed E-state index contributed by atoms with van der Waals surface area (Å²) in [5, 5.41) is 3.91. The van der Waals surface area contributed by atoms with Crippen molar-refractivity contribution in [3.05, 3.63) is 60.2 Å². The Hall–Kier alpha value is -2.44. The number of benzene rings is 1. The second kappa shape index (κ2) is 5.28. The van der Waals surface area contributed by atoms with Crippen molar-refractivity contribution in [2.75, 3.05) is 0 Å². The summed E-state index contributed by atoms with van der Waals surface area (Å²) in [5.41, 5.74) is -0.700. The number of aromatic nitrogens is 3. The molecule has 0 aliphatic carbocycles. The normalized spacial score (nSPS) is 11.3. The maximum Gasteiger partial charge on any atom is 0.416 e. The van der Waals surface area contributed by atoms with E-state index in [2.05, 4.69) is 16.7 Å². The van der Waals surface area contributed by atoms with Crippen LogP contribution in [0.5, 0.6) is 0 Å². The van der Waals surface area contributed by atoms with E-state index in [1.807, 2.05) is 0 Å². The van der Waals surface area contributed by atoms with Crippen molar-refractivity contribution in [2.24, 2.45) is 0 Å². The van der Waals surface area contributed by atoms with Gasteiger partial charge in [0, 0.05) is 5.56 Å². The lowest BCUT2D eigenvalue weighted by Gasteiger charge is -2.06. The molecular weight excluding hydrogens is 271 g/mol. The molecule has 2 rings (SSSR count). The van der Waals surface area contributed by atoms with Crippen LogP contribution >= 0.6 is 0 Å². The number of nitrogens with zero attached hydrogens (tertiary/aromatic N) is 3. The van der Waals surface area contributed by atoms with Crippen molar-refractivity contribution in [3.8, 4) is 0 Å². The van der Waals surface area contributed by atoms with Gasteiger partial charge in [-0.25, -0.2) is 9.67 Å². The molecule has 0 unspecified atom stereocenters. The Labute approximate surface area is 112 Å². The summed E-state index contributed by atoms with van der Waals surface area (Å²) in [4.78, 5) is 15.8. The van der Waals surface area contributed by atoms with Crippen molar-refractivity contribution >= 4 is 5.78 Å². The average molecular weight is 281 g/mol. The van der Waals surface area contributed by atoms with E-state index in [-0.39, 0.29) is 11.4 Å². The highest BCUT2D eigenvalue weighted by Gasteiger charge is 2.30. The molecule has 0 amide bonds. The van der Waals surface area contributed by atoms with Crippen LogP contribution in [-0.4, -0.2) is 20.5 Å². The highest BCUT2D eigenvalue weighted by molar-refractivity contribution is 6.06. The molecule has 20 heavy (non-hydrogen) atoms. The van der Waals surface area contributed by atoms with Gasteiger partial charge in [-0.3, -0.25) is 4.79 Å². The molecule has 1 aromatic heterocycles. The second-order valence-electron chi connectivity index (χ2n) is 3.98. The molecule has 0 fully saturated rings. The van der Waals surface area contributed by atoms with E-state index in [9.17, 15) is 18.0 Å². The molecule has 1 aromatic carbocycles. The van der Waals surface area contributed by atoms with Gasteiger partial charge in [0.05, 0.1) is 12.1 Å². The molecule has 0 aliphatic rings. The third kappa shape index (κ3) is 2.93. The van der Waals surface area contributed by atoms with E-state index in [0.717, 1.165) is 24.3 Å². The lowest BCUT2D eigenvalue weighted by atomic mass is 10.1. The minimum Gasteiger partial charge on any atom is -0.285 e. The van der Waals surface area contributed by atoms with Gasteiger partial charge in [-0.05, 0) is 12.1 Å². The van der Waals surface area contributed by atoms with E-state index >= 15 is 0 Å². The molecule has 0 spiro atoms. The van der Waals surface area contributed by atoms with Gasteiger partial charge in [-0.1, -0.05) is 18.2 Å². The molecule has 0 radical (unpaired) electrons. The molecule has 104 valence electrons. The highest BCUT2D eigenvalue weighted by atomic mass is 19.4. The van der Waals surface area contributed by atoms with Crippen LogP contribution < -0.4 is 0 Å². The zero-order chi connectivity index (χ0) is 14.8. The van der Waals surface area contributed by atoms with E-state index in [1.54, 1.807) is 6.08 Å². The Bertz CT molecular complexity index is 629. The fourth-order valence-electron chi connectivity index (χ4n) is 1.56. The van der Waals surface area contributed by atoms with Crippen molar-refractivity contribution in [1.29, 1.82) is 0 Å². The maximum absolute atomic E-state index is 12.4. The predicted octanol–water partition coefficient (Wildman–Crippen LogP) is 2.71. The maximum atomic E-state index is 12.4. The highest BCUT2D eigenvalue weighted by Crippen LogP contribution is 2.29. The lowest BCUT2D eigenvalue weighted by Crippen LogP contribution is -2.08. The summed E-state index contributed by atoms with van der Waals surface area (Å²) in [6.07, 6.45) is -1.48. The first-order valence-corrected chi connectivity index (χ1v) is 5.64. The first-order valence-electron chi connectivity index (χ1n) is 5.64. The number of hydrogen-bond donors (Lipinski definition) is 0. The molecule has 4 nitrogen and oxygen atoms in total. The Balaban J connectivity index is 2.22. The Kier molecular flexibility index (Phi) is 3.69. The Morgan fingerprint density at radius 1 is 1.30 bits per heavy atom. The van der Waals surface area contributed by atoms with Gasteiger partial charge >= 0.3 is 6.18 Å². The molecule has 0 atom stereocenters. The van der Waals surface area contributed by atoms with Crippen molar-refractivity contribution in [3.63, 3.8) is 0 Å².